The summed E-state index contributed by atoms with van der Waals surface area (Å²) < 4.78 is 0. The van der Waals surface area contributed by atoms with Gasteiger partial charge in [0.25, 0.3) is 0 Å². The Morgan fingerprint density at radius 2 is 1.80 bits per heavy atom. The molecule has 2 heterocycles. The average molecular weight is 372 g/mol. The summed E-state index contributed by atoms with van der Waals surface area (Å²) >= 11 is 3.23. The molecule has 130 valence electrons. The number of carbonyl (C=O) groups is 1. The molecule has 1 aromatic carbocycles. The molecular formula is C19H21N3OS2. The predicted molar refractivity (Wildman–Crippen MR) is 104 cm³/mol. The van der Waals surface area contributed by atoms with Crippen molar-refractivity contribution in [2.24, 2.45) is 0 Å². The first-order valence-corrected chi connectivity index (χ1v) is 9.99. The number of hydrogen-bond donors (Lipinski definition) is 0. The van der Waals surface area contributed by atoms with Gasteiger partial charge in [-0.1, -0.05) is 36.8 Å². The van der Waals surface area contributed by atoms with Crippen molar-refractivity contribution in [3.63, 3.8) is 0 Å². The number of hydrogen-bond acceptors (Lipinski definition) is 5. The van der Waals surface area contributed by atoms with E-state index in [2.05, 4.69) is 48.1 Å². The number of amides is 1. The third kappa shape index (κ3) is 4.52. The van der Waals surface area contributed by atoms with Crippen LogP contribution in [0.3, 0.4) is 0 Å². The number of thiazole rings is 2. The van der Waals surface area contributed by atoms with Gasteiger partial charge in [-0.15, -0.1) is 22.7 Å². The van der Waals surface area contributed by atoms with Crippen LogP contribution in [0, 0.1) is 6.92 Å². The molecule has 2 aromatic heterocycles. The maximum atomic E-state index is 12.4. The number of rotatable bonds is 6. The van der Waals surface area contributed by atoms with Gasteiger partial charge in [0, 0.05) is 23.4 Å². The lowest BCUT2D eigenvalue weighted by atomic mass is 10.2. The fraction of sp³-hybridized carbons (Fsp3) is 0.316. The zero-order valence-corrected chi connectivity index (χ0v) is 16.3. The summed E-state index contributed by atoms with van der Waals surface area (Å²) in [6.45, 7) is 4.70. The number of aromatic nitrogens is 2. The maximum absolute atomic E-state index is 12.4. The number of carbonyl (C=O) groups excluding carboxylic acids is 1. The van der Waals surface area contributed by atoms with Gasteiger partial charge in [0.1, 0.15) is 5.01 Å². The van der Waals surface area contributed by atoms with E-state index in [-0.39, 0.29) is 5.91 Å². The molecule has 0 saturated heterocycles. The van der Waals surface area contributed by atoms with E-state index in [1.54, 1.807) is 27.6 Å². The summed E-state index contributed by atoms with van der Waals surface area (Å²) in [5.41, 5.74) is 4.10. The van der Waals surface area contributed by atoms with E-state index in [1.807, 2.05) is 17.8 Å². The fourth-order valence-electron chi connectivity index (χ4n) is 2.42. The van der Waals surface area contributed by atoms with Gasteiger partial charge >= 0.3 is 0 Å². The first kappa shape index (κ1) is 17.8. The Hall–Kier alpha value is -2.05. The van der Waals surface area contributed by atoms with E-state index in [4.69, 9.17) is 0 Å². The molecule has 1 amide bonds. The smallest absolute Gasteiger partial charge is 0.228 e. The highest BCUT2D eigenvalue weighted by Crippen LogP contribution is 2.24. The van der Waals surface area contributed by atoms with Crippen molar-refractivity contribution in [2.45, 2.75) is 33.2 Å². The Morgan fingerprint density at radius 1 is 1.08 bits per heavy atom. The normalized spacial score (nSPS) is 10.8. The molecule has 3 rings (SSSR count). The highest BCUT2D eigenvalue weighted by Gasteiger charge is 2.14. The Balaban J connectivity index is 1.61. The van der Waals surface area contributed by atoms with Gasteiger partial charge in [-0.25, -0.2) is 9.97 Å². The van der Waals surface area contributed by atoms with Crippen molar-refractivity contribution in [3.05, 3.63) is 57.0 Å². The summed E-state index contributed by atoms with van der Waals surface area (Å²) in [6, 6.07) is 8.29. The van der Waals surface area contributed by atoms with Crippen molar-refractivity contribution < 1.29 is 4.79 Å². The second kappa shape index (κ2) is 7.89. The van der Waals surface area contributed by atoms with E-state index in [9.17, 15) is 4.79 Å². The van der Waals surface area contributed by atoms with Gasteiger partial charge in [-0.2, -0.15) is 0 Å². The van der Waals surface area contributed by atoms with Crippen molar-refractivity contribution in [2.75, 3.05) is 7.05 Å². The number of benzene rings is 1. The second-order valence-electron chi connectivity index (χ2n) is 6.02. The molecule has 0 unspecified atom stereocenters. The molecule has 0 N–H and O–H groups in total. The lowest BCUT2D eigenvalue weighted by Gasteiger charge is -2.15. The quantitative estimate of drug-likeness (QED) is 0.647. The molecule has 0 atom stereocenters. The number of nitrogens with zero attached hydrogens (tertiary/aromatic N) is 3. The lowest BCUT2D eigenvalue weighted by molar-refractivity contribution is -0.129. The SMILES string of the molecule is CCc1nc(CN(C)C(=O)Cc2csc(-c3ccc(C)cc3)n2)cs1. The van der Waals surface area contributed by atoms with Crippen LogP contribution in [0.2, 0.25) is 0 Å². The molecule has 0 saturated carbocycles. The van der Waals surface area contributed by atoms with Crippen LogP contribution in [-0.4, -0.2) is 27.8 Å². The first-order valence-electron chi connectivity index (χ1n) is 8.24. The van der Waals surface area contributed by atoms with Gasteiger partial charge in [0.2, 0.25) is 5.91 Å². The number of aryl methyl sites for hydroxylation is 2. The summed E-state index contributed by atoms with van der Waals surface area (Å²) in [7, 11) is 1.82. The van der Waals surface area contributed by atoms with Crippen LogP contribution in [0.1, 0.15) is 28.9 Å². The van der Waals surface area contributed by atoms with Gasteiger partial charge in [-0.05, 0) is 13.3 Å². The van der Waals surface area contributed by atoms with Crippen molar-refractivity contribution in [1.29, 1.82) is 0 Å². The zero-order chi connectivity index (χ0) is 17.8. The van der Waals surface area contributed by atoms with Crippen LogP contribution in [0.15, 0.2) is 35.0 Å². The van der Waals surface area contributed by atoms with Crippen molar-refractivity contribution >= 4 is 28.6 Å². The van der Waals surface area contributed by atoms with Crippen LogP contribution < -0.4 is 0 Å². The second-order valence-corrected chi connectivity index (χ2v) is 7.82. The molecule has 3 aromatic rings. The third-order valence-corrected chi connectivity index (χ3v) is 5.89. The molecule has 6 heteroatoms. The standard InChI is InChI=1S/C19H21N3OS2/c1-4-17-20-16(12-24-17)10-22(3)18(23)9-15-11-25-19(21-15)14-7-5-13(2)6-8-14/h5-8,11-12H,4,9-10H2,1-3H3. The molecule has 0 bridgehead atoms. The minimum absolute atomic E-state index is 0.0619. The molecule has 0 aliphatic carbocycles. The fourth-order valence-corrected chi connectivity index (χ4v) is 3.98. The lowest BCUT2D eigenvalue weighted by Crippen LogP contribution is -2.28. The van der Waals surface area contributed by atoms with E-state index >= 15 is 0 Å². The third-order valence-electron chi connectivity index (χ3n) is 3.91. The van der Waals surface area contributed by atoms with Crippen LogP contribution in [-0.2, 0) is 24.2 Å². The van der Waals surface area contributed by atoms with Gasteiger partial charge in [-0.3, -0.25) is 4.79 Å². The molecule has 0 aliphatic heterocycles. The molecule has 0 fully saturated rings. The largest absolute Gasteiger partial charge is 0.339 e. The molecule has 0 radical (unpaired) electrons. The Morgan fingerprint density at radius 3 is 2.48 bits per heavy atom. The zero-order valence-electron chi connectivity index (χ0n) is 14.7. The van der Waals surface area contributed by atoms with Crippen LogP contribution >= 0.6 is 22.7 Å². The van der Waals surface area contributed by atoms with Crippen LogP contribution in [0.25, 0.3) is 10.6 Å². The highest BCUT2D eigenvalue weighted by molar-refractivity contribution is 7.13. The average Bonchev–Trinajstić information content (AvgIpc) is 3.25. The number of likely N-dealkylation sites (N-methyl/N-ethyl adjacent to an activating group) is 1. The Kier molecular flexibility index (Phi) is 5.60. The minimum Gasteiger partial charge on any atom is -0.339 e. The van der Waals surface area contributed by atoms with Crippen molar-refractivity contribution in [3.8, 4) is 10.6 Å². The van der Waals surface area contributed by atoms with E-state index in [1.165, 1.54) is 5.56 Å². The van der Waals surface area contributed by atoms with Gasteiger partial charge < -0.3 is 4.90 Å². The van der Waals surface area contributed by atoms with E-state index in [0.717, 1.165) is 33.4 Å². The molecular weight excluding hydrogens is 350 g/mol. The minimum atomic E-state index is 0.0619. The maximum Gasteiger partial charge on any atom is 0.228 e. The van der Waals surface area contributed by atoms with Crippen LogP contribution in [0.5, 0.6) is 0 Å². The van der Waals surface area contributed by atoms with E-state index in [0.29, 0.717) is 13.0 Å². The summed E-state index contributed by atoms with van der Waals surface area (Å²) in [5.74, 6) is 0.0619. The van der Waals surface area contributed by atoms with Crippen LogP contribution in [0.4, 0.5) is 0 Å². The topological polar surface area (TPSA) is 46.1 Å². The van der Waals surface area contributed by atoms with Gasteiger partial charge in [0.15, 0.2) is 0 Å². The Labute approximate surface area is 156 Å². The first-order chi connectivity index (χ1) is 12.0. The highest BCUT2D eigenvalue weighted by atomic mass is 32.1. The Bertz CT molecular complexity index is 852. The molecule has 0 spiro atoms. The van der Waals surface area contributed by atoms with Crippen molar-refractivity contribution in [1.82, 2.24) is 14.9 Å². The van der Waals surface area contributed by atoms with E-state index < -0.39 is 0 Å². The summed E-state index contributed by atoms with van der Waals surface area (Å²) in [4.78, 5) is 23.3. The molecule has 4 nitrogen and oxygen atoms in total. The monoisotopic (exact) mass is 371 g/mol. The molecule has 0 aliphatic rings. The summed E-state index contributed by atoms with van der Waals surface area (Å²) in [5, 5.41) is 6.07. The summed E-state index contributed by atoms with van der Waals surface area (Å²) in [6.07, 6.45) is 1.26. The predicted octanol–water partition coefficient (Wildman–Crippen LogP) is 4.34. The molecule has 25 heavy (non-hydrogen) atoms. The van der Waals surface area contributed by atoms with Gasteiger partial charge in [0.05, 0.1) is 29.4 Å².